The maximum absolute atomic E-state index is 11.5. The quantitative estimate of drug-likeness (QED) is 0.673. The molecule has 0 unspecified atom stereocenters. The van der Waals surface area contributed by atoms with Gasteiger partial charge in [0.2, 0.25) is 5.91 Å². The SMILES string of the molecule is Cc1ccc(/C=C/C(=O)N[C@H](CCO)C(=O)O)s1. The van der Waals surface area contributed by atoms with Crippen LogP contribution in [0.4, 0.5) is 0 Å². The zero-order valence-corrected chi connectivity index (χ0v) is 10.7. The molecular formula is C12H15NO4S. The molecule has 0 aromatic carbocycles. The third-order valence-corrected chi connectivity index (χ3v) is 3.16. The lowest BCUT2D eigenvalue weighted by Gasteiger charge is -2.10. The van der Waals surface area contributed by atoms with Crippen molar-refractivity contribution in [2.75, 3.05) is 6.61 Å². The van der Waals surface area contributed by atoms with E-state index in [1.807, 2.05) is 19.1 Å². The van der Waals surface area contributed by atoms with Gasteiger partial charge in [0, 0.05) is 28.9 Å². The Morgan fingerprint density at radius 2 is 2.22 bits per heavy atom. The Labute approximate surface area is 109 Å². The Morgan fingerprint density at radius 1 is 1.50 bits per heavy atom. The second-order valence-corrected chi connectivity index (χ2v) is 5.01. The van der Waals surface area contributed by atoms with Crippen LogP contribution in [-0.2, 0) is 9.59 Å². The van der Waals surface area contributed by atoms with Crippen molar-refractivity contribution in [3.8, 4) is 0 Å². The lowest BCUT2D eigenvalue weighted by molar-refractivity contribution is -0.141. The smallest absolute Gasteiger partial charge is 0.326 e. The number of nitrogens with one attached hydrogen (secondary N) is 1. The number of rotatable bonds is 6. The second kappa shape index (κ2) is 6.93. The highest BCUT2D eigenvalue weighted by atomic mass is 32.1. The molecule has 0 fully saturated rings. The van der Waals surface area contributed by atoms with Crippen LogP contribution < -0.4 is 5.32 Å². The number of carboxylic acid groups (broad SMARTS) is 1. The molecule has 1 heterocycles. The Balaban J connectivity index is 2.54. The average molecular weight is 269 g/mol. The molecule has 5 nitrogen and oxygen atoms in total. The van der Waals surface area contributed by atoms with E-state index in [0.717, 1.165) is 9.75 Å². The zero-order chi connectivity index (χ0) is 13.5. The lowest BCUT2D eigenvalue weighted by atomic mass is 10.2. The molecule has 0 aliphatic heterocycles. The highest BCUT2D eigenvalue weighted by Gasteiger charge is 2.17. The van der Waals surface area contributed by atoms with E-state index in [1.54, 1.807) is 17.4 Å². The van der Waals surface area contributed by atoms with Crippen LogP contribution in [0.15, 0.2) is 18.2 Å². The van der Waals surface area contributed by atoms with Gasteiger partial charge in [0.05, 0.1) is 0 Å². The third kappa shape index (κ3) is 4.68. The molecule has 98 valence electrons. The van der Waals surface area contributed by atoms with Crippen molar-refractivity contribution >= 4 is 29.3 Å². The molecule has 0 spiro atoms. The third-order valence-electron chi connectivity index (χ3n) is 2.19. The van der Waals surface area contributed by atoms with Gasteiger partial charge in [-0.1, -0.05) is 0 Å². The van der Waals surface area contributed by atoms with Crippen molar-refractivity contribution in [2.24, 2.45) is 0 Å². The fourth-order valence-electron chi connectivity index (χ4n) is 1.31. The van der Waals surface area contributed by atoms with Crippen LogP contribution in [-0.4, -0.2) is 34.7 Å². The van der Waals surface area contributed by atoms with Crippen molar-refractivity contribution in [3.63, 3.8) is 0 Å². The molecule has 1 aromatic heterocycles. The summed E-state index contributed by atoms with van der Waals surface area (Å²) in [7, 11) is 0. The van der Waals surface area contributed by atoms with Gasteiger partial charge in [-0.25, -0.2) is 4.79 Å². The molecule has 0 radical (unpaired) electrons. The van der Waals surface area contributed by atoms with Crippen molar-refractivity contribution in [1.29, 1.82) is 0 Å². The number of amides is 1. The molecule has 6 heteroatoms. The first-order valence-corrected chi connectivity index (χ1v) is 6.23. The van der Waals surface area contributed by atoms with Gasteiger partial charge in [-0.3, -0.25) is 4.79 Å². The van der Waals surface area contributed by atoms with Crippen molar-refractivity contribution in [2.45, 2.75) is 19.4 Å². The van der Waals surface area contributed by atoms with Gasteiger partial charge in [-0.15, -0.1) is 11.3 Å². The summed E-state index contributed by atoms with van der Waals surface area (Å²) in [6.07, 6.45) is 2.91. The van der Waals surface area contributed by atoms with Crippen molar-refractivity contribution in [3.05, 3.63) is 28.0 Å². The average Bonchev–Trinajstić information content (AvgIpc) is 2.72. The summed E-state index contributed by atoms with van der Waals surface area (Å²) in [6.45, 7) is 1.68. The van der Waals surface area contributed by atoms with E-state index in [1.165, 1.54) is 6.08 Å². The van der Waals surface area contributed by atoms with Crippen LogP contribution in [0.3, 0.4) is 0 Å². The monoisotopic (exact) mass is 269 g/mol. The molecule has 0 bridgehead atoms. The van der Waals surface area contributed by atoms with E-state index in [2.05, 4.69) is 5.32 Å². The van der Waals surface area contributed by atoms with E-state index in [4.69, 9.17) is 10.2 Å². The Hall–Kier alpha value is -1.66. The van der Waals surface area contributed by atoms with Crippen LogP contribution in [0.25, 0.3) is 6.08 Å². The van der Waals surface area contributed by atoms with Crippen LogP contribution in [0.1, 0.15) is 16.2 Å². The first-order chi connectivity index (χ1) is 8.52. The number of aliphatic hydroxyl groups is 1. The van der Waals surface area contributed by atoms with Crippen molar-refractivity contribution in [1.82, 2.24) is 5.32 Å². The van der Waals surface area contributed by atoms with Gasteiger partial charge in [0.25, 0.3) is 0 Å². The normalized spacial score (nSPS) is 12.6. The van der Waals surface area contributed by atoms with Gasteiger partial charge < -0.3 is 15.5 Å². The molecule has 1 atom stereocenters. The maximum atomic E-state index is 11.5. The molecule has 3 N–H and O–H groups in total. The van der Waals surface area contributed by atoms with Gasteiger partial charge in [0.1, 0.15) is 6.04 Å². The molecule has 0 aliphatic rings. The van der Waals surface area contributed by atoms with Crippen LogP contribution >= 0.6 is 11.3 Å². The van der Waals surface area contributed by atoms with Gasteiger partial charge in [-0.2, -0.15) is 0 Å². The minimum Gasteiger partial charge on any atom is -0.480 e. The number of carboxylic acids is 1. The Kier molecular flexibility index (Phi) is 5.54. The molecule has 1 amide bonds. The first-order valence-electron chi connectivity index (χ1n) is 5.41. The minimum absolute atomic E-state index is 0.00692. The number of aliphatic hydroxyl groups excluding tert-OH is 1. The maximum Gasteiger partial charge on any atom is 0.326 e. The highest BCUT2D eigenvalue weighted by Crippen LogP contribution is 2.16. The van der Waals surface area contributed by atoms with E-state index in [0.29, 0.717) is 0 Å². The molecule has 18 heavy (non-hydrogen) atoms. The van der Waals surface area contributed by atoms with Crippen LogP contribution in [0.2, 0.25) is 0 Å². The minimum atomic E-state index is -1.15. The van der Waals surface area contributed by atoms with Crippen LogP contribution in [0.5, 0.6) is 0 Å². The molecule has 0 aliphatic carbocycles. The summed E-state index contributed by atoms with van der Waals surface area (Å²) in [6, 6.07) is 2.76. The van der Waals surface area contributed by atoms with E-state index >= 15 is 0 Å². The van der Waals surface area contributed by atoms with Gasteiger partial charge >= 0.3 is 5.97 Å². The first kappa shape index (κ1) is 14.4. The summed E-state index contributed by atoms with van der Waals surface area (Å²) in [5.41, 5.74) is 0. The topological polar surface area (TPSA) is 86.6 Å². The largest absolute Gasteiger partial charge is 0.480 e. The Bertz CT molecular complexity index is 453. The number of carbonyl (C=O) groups excluding carboxylic acids is 1. The number of carbonyl (C=O) groups is 2. The standard InChI is InChI=1S/C12H15NO4S/c1-8-2-3-9(18-8)4-5-11(15)13-10(6-7-14)12(16)17/h2-5,10,14H,6-7H2,1H3,(H,13,15)(H,16,17)/b5-4+/t10-/m1/s1. The number of aliphatic carboxylic acids is 1. The predicted molar refractivity (Wildman–Crippen MR) is 69.4 cm³/mol. The predicted octanol–water partition coefficient (Wildman–Crippen LogP) is 1.02. The van der Waals surface area contributed by atoms with Gasteiger partial charge in [-0.05, 0) is 25.1 Å². The summed E-state index contributed by atoms with van der Waals surface area (Å²) in [5, 5.41) is 19.8. The molecular weight excluding hydrogens is 254 g/mol. The fourth-order valence-corrected chi connectivity index (χ4v) is 2.09. The van der Waals surface area contributed by atoms with E-state index in [9.17, 15) is 9.59 Å². The Morgan fingerprint density at radius 3 is 2.72 bits per heavy atom. The van der Waals surface area contributed by atoms with Gasteiger partial charge in [0.15, 0.2) is 0 Å². The second-order valence-electron chi connectivity index (χ2n) is 3.69. The summed E-state index contributed by atoms with van der Waals surface area (Å²) in [5.74, 6) is -1.64. The summed E-state index contributed by atoms with van der Waals surface area (Å²) < 4.78 is 0. The summed E-state index contributed by atoms with van der Waals surface area (Å²) in [4.78, 5) is 24.3. The number of aryl methyl sites for hydroxylation is 1. The van der Waals surface area contributed by atoms with Crippen LogP contribution in [0, 0.1) is 6.92 Å². The number of hydrogen-bond donors (Lipinski definition) is 3. The number of hydrogen-bond acceptors (Lipinski definition) is 4. The van der Waals surface area contributed by atoms with E-state index < -0.39 is 17.9 Å². The zero-order valence-electron chi connectivity index (χ0n) is 9.92. The molecule has 1 rings (SSSR count). The molecule has 1 aromatic rings. The fraction of sp³-hybridized carbons (Fsp3) is 0.333. The molecule has 0 saturated carbocycles. The molecule has 0 saturated heterocycles. The number of thiophene rings is 1. The summed E-state index contributed by atoms with van der Waals surface area (Å²) >= 11 is 1.54. The van der Waals surface area contributed by atoms with E-state index in [-0.39, 0.29) is 13.0 Å². The lowest BCUT2D eigenvalue weighted by Crippen LogP contribution is -2.40. The van der Waals surface area contributed by atoms with Crippen molar-refractivity contribution < 1.29 is 19.8 Å². The highest BCUT2D eigenvalue weighted by molar-refractivity contribution is 7.12.